The van der Waals surface area contributed by atoms with Gasteiger partial charge in [-0.2, -0.15) is 5.10 Å². The van der Waals surface area contributed by atoms with E-state index in [-0.39, 0.29) is 0 Å². The Morgan fingerprint density at radius 1 is 1.20 bits per heavy atom. The fraction of sp³-hybridized carbons (Fsp3) is 0.550. The SMILES string of the molecule is Cn1ncc(-c2ccnc(/C=C/C3CCC(N)CC3)n2)c1CC1CC1. The minimum atomic E-state index is 0.389. The summed E-state index contributed by atoms with van der Waals surface area (Å²) in [6.45, 7) is 0. The lowest BCUT2D eigenvalue weighted by molar-refractivity contribution is 0.376. The minimum absolute atomic E-state index is 0.389. The second-order valence-electron chi connectivity index (χ2n) is 7.61. The zero-order chi connectivity index (χ0) is 17.2. The van der Waals surface area contributed by atoms with Gasteiger partial charge in [-0.15, -0.1) is 0 Å². The van der Waals surface area contributed by atoms with Gasteiger partial charge in [0, 0.05) is 30.5 Å². The van der Waals surface area contributed by atoms with Gasteiger partial charge in [0.15, 0.2) is 5.82 Å². The lowest BCUT2D eigenvalue weighted by Crippen LogP contribution is -2.25. The monoisotopic (exact) mass is 337 g/mol. The highest BCUT2D eigenvalue weighted by Crippen LogP contribution is 2.35. The van der Waals surface area contributed by atoms with Gasteiger partial charge in [-0.1, -0.05) is 6.08 Å². The Morgan fingerprint density at radius 3 is 2.76 bits per heavy atom. The number of nitrogens with zero attached hydrogens (tertiary/aromatic N) is 4. The Bertz CT molecular complexity index is 751. The molecule has 5 heteroatoms. The molecule has 2 aliphatic carbocycles. The topological polar surface area (TPSA) is 69.6 Å². The summed E-state index contributed by atoms with van der Waals surface area (Å²) in [6.07, 6.45) is 16.5. The number of nitrogens with two attached hydrogens (primary N) is 1. The smallest absolute Gasteiger partial charge is 0.152 e. The van der Waals surface area contributed by atoms with Gasteiger partial charge in [0.25, 0.3) is 0 Å². The van der Waals surface area contributed by atoms with Crippen LogP contribution < -0.4 is 5.73 Å². The molecule has 0 bridgehead atoms. The maximum absolute atomic E-state index is 5.99. The van der Waals surface area contributed by atoms with Crippen LogP contribution in [0, 0.1) is 11.8 Å². The van der Waals surface area contributed by atoms with Crippen molar-refractivity contribution in [2.24, 2.45) is 24.6 Å². The summed E-state index contributed by atoms with van der Waals surface area (Å²) >= 11 is 0. The molecule has 0 aromatic carbocycles. The van der Waals surface area contributed by atoms with E-state index >= 15 is 0 Å². The molecule has 5 nitrogen and oxygen atoms in total. The van der Waals surface area contributed by atoms with Crippen molar-refractivity contribution < 1.29 is 0 Å². The molecule has 2 fully saturated rings. The molecule has 2 heterocycles. The summed E-state index contributed by atoms with van der Waals surface area (Å²) in [5.74, 6) is 2.22. The van der Waals surface area contributed by atoms with Crippen LogP contribution in [0.15, 0.2) is 24.5 Å². The van der Waals surface area contributed by atoms with E-state index in [1.165, 1.54) is 31.4 Å². The van der Waals surface area contributed by atoms with Crippen LogP contribution in [0.2, 0.25) is 0 Å². The molecule has 25 heavy (non-hydrogen) atoms. The maximum atomic E-state index is 5.99. The Kier molecular flexibility index (Phi) is 4.66. The Hall–Kier alpha value is -2.01. The van der Waals surface area contributed by atoms with Gasteiger partial charge < -0.3 is 5.73 Å². The van der Waals surface area contributed by atoms with E-state index in [1.54, 1.807) is 0 Å². The van der Waals surface area contributed by atoms with Crippen molar-refractivity contribution in [2.45, 2.75) is 51.0 Å². The fourth-order valence-corrected chi connectivity index (χ4v) is 3.68. The first-order valence-electron chi connectivity index (χ1n) is 9.47. The third-order valence-electron chi connectivity index (χ3n) is 5.52. The molecule has 2 aromatic heterocycles. The molecular weight excluding hydrogens is 310 g/mol. The predicted molar refractivity (Wildman–Crippen MR) is 99.6 cm³/mol. The second kappa shape index (κ2) is 7.08. The van der Waals surface area contributed by atoms with Gasteiger partial charge in [0.05, 0.1) is 11.9 Å². The average Bonchev–Trinajstić information content (AvgIpc) is 3.37. The van der Waals surface area contributed by atoms with Crippen molar-refractivity contribution >= 4 is 6.08 Å². The molecule has 4 rings (SSSR count). The molecule has 2 aromatic rings. The largest absolute Gasteiger partial charge is 0.328 e. The van der Waals surface area contributed by atoms with E-state index in [0.29, 0.717) is 12.0 Å². The molecule has 0 amide bonds. The van der Waals surface area contributed by atoms with E-state index in [1.807, 2.05) is 30.2 Å². The lowest BCUT2D eigenvalue weighted by atomic mass is 9.86. The van der Waals surface area contributed by atoms with Crippen LogP contribution in [0.5, 0.6) is 0 Å². The average molecular weight is 337 g/mol. The number of aryl methyl sites for hydroxylation is 1. The van der Waals surface area contributed by atoms with Crippen LogP contribution in [0.1, 0.15) is 50.0 Å². The predicted octanol–water partition coefficient (Wildman–Crippen LogP) is 3.36. The van der Waals surface area contributed by atoms with Gasteiger partial charge in [-0.05, 0) is 68.9 Å². The number of aromatic nitrogens is 4. The van der Waals surface area contributed by atoms with Crippen molar-refractivity contribution in [2.75, 3.05) is 0 Å². The third kappa shape index (κ3) is 3.98. The zero-order valence-electron chi connectivity index (χ0n) is 14.9. The summed E-state index contributed by atoms with van der Waals surface area (Å²) < 4.78 is 2.00. The van der Waals surface area contributed by atoms with E-state index in [4.69, 9.17) is 10.7 Å². The zero-order valence-corrected chi connectivity index (χ0v) is 14.9. The maximum Gasteiger partial charge on any atom is 0.152 e. The summed E-state index contributed by atoms with van der Waals surface area (Å²) in [6, 6.07) is 2.38. The number of hydrogen-bond acceptors (Lipinski definition) is 4. The standard InChI is InChI=1S/C20H27N5/c1-25-19(12-15-2-3-15)17(13-23-25)18-10-11-22-20(24-18)9-6-14-4-7-16(21)8-5-14/h6,9-11,13-16H,2-5,7-8,12,21H2,1H3/b9-6+. The Labute approximate surface area is 149 Å². The normalized spacial score (nSPS) is 24.1. The molecule has 2 saturated carbocycles. The number of allylic oxidation sites excluding steroid dienone is 1. The Morgan fingerprint density at radius 2 is 2.00 bits per heavy atom. The highest BCUT2D eigenvalue weighted by molar-refractivity contribution is 5.62. The summed E-state index contributed by atoms with van der Waals surface area (Å²) in [5, 5.41) is 4.46. The van der Waals surface area contributed by atoms with E-state index in [0.717, 1.165) is 42.3 Å². The van der Waals surface area contributed by atoms with Crippen molar-refractivity contribution in [3.63, 3.8) is 0 Å². The molecule has 0 aliphatic heterocycles. The first kappa shape index (κ1) is 16.5. The van der Waals surface area contributed by atoms with Crippen LogP contribution in [-0.2, 0) is 13.5 Å². The van der Waals surface area contributed by atoms with Gasteiger partial charge in [0.1, 0.15) is 0 Å². The first-order chi connectivity index (χ1) is 12.2. The van der Waals surface area contributed by atoms with Crippen LogP contribution in [0.4, 0.5) is 0 Å². The highest BCUT2D eigenvalue weighted by atomic mass is 15.3. The fourth-order valence-electron chi connectivity index (χ4n) is 3.68. The van der Waals surface area contributed by atoms with Crippen LogP contribution in [0.25, 0.3) is 17.3 Å². The van der Waals surface area contributed by atoms with Crippen LogP contribution in [0.3, 0.4) is 0 Å². The first-order valence-corrected chi connectivity index (χ1v) is 9.47. The van der Waals surface area contributed by atoms with Crippen molar-refractivity contribution in [3.05, 3.63) is 36.1 Å². The minimum Gasteiger partial charge on any atom is -0.328 e. The number of rotatable bonds is 5. The van der Waals surface area contributed by atoms with E-state index in [2.05, 4.69) is 22.2 Å². The van der Waals surface area contributed by atoms with Crippen LogP contribution in [-0.4, -0.2) is 25.8 Å². The molecule has 0 saturated heterocycles. The molecule has 0 radical (unpaired) electrons. The van der Waals surface area contributed by atoms with Gasteiger partial charge >= 0.3 is 0 Å². The third-order valence-corrected chi connectivity index (χ3v) is 5.52. The molecular formula is C20H27N5. The van der Waals surface area contributed by atoms with Gasteiger partial charge in [0.2, 0.25) is 0 Å². The molecule has 0 atom stereocenters. The Balaban J connectivity index is 1.51. The van der Waals surface area contributed by atoms with Crippen molar-refractivity contribution in [1.29, 1.82) is 0 Å². The molecule has 0 unspecified atom stereocenters. The van der Waals surface area contributed by atoms with Crippen molar-refractivity contribution in [3.8, 4) is 11.3 Å². The summed E-state index contributed by atoms with van der Waals surface area (Å²) in [4.78, 5) is 9.19. The van der Waals surface area contributed by atoms with E-state index in [9.17, 15) is 0 Å². The molecule has 2 N–H and O–H groups in total. The van der Waals surface area contributed by atoms with Crippen molar-refractivity contribution in [1.82, 2.24) is 19.7 Å². The van der Waals surface area contributed by atoms with E-state index < -0.39 is 0 Å². The summed E-state index contributed by atoms with van der Waals surface area (Å²) in [5.41, 5.74) is 9.40. The summed E-state index contributed by atoms with van der Waals surface area (Å²) in [7, 11) is 2.02. The molecule has 0 spiro atoms. The second-order valence-corrected chi connectivity index (χ2v) is 7.61. The van der Waals surface area contributed by atoms with Gasteiger partial charge in [-0.25, -0.2) is 9.97 Å². The van der Waals surface area contributed by atoms with Gasteiger partial charge in [-0.3, -0.25) is 4.68 Å². The highest BCUT2D eigenvalue weighted by Gasteiger charge is 2.25. The lowest BCUT2D eigenvalue weighted by Gasteiger charge is -2.23. The molecule has 2 aliphatic rings. The molecule has 132 valence electrons. The number of hydrogen-bond donors (Lipinski definition) is 1. The quantitative estimate of drug-likeness (QED) is 0.908. The van der Waals surface area contributed by atoms with Crippen LogP contribution >= 0.6 is 0 Å².